The van der Waals surface area contributed by atoms with Crippen molar-refractivity contribution in [2.45, 2.75) is 12.6 Å². The van der Waals surface area contributed by atoms with Gasteiger partial charge in [0.2, 0.25) is 17.6 Å². The normalized spacial score (nSPS) is 16.2. The van der Waals surface area contributed by atoms with Crippen LogP contribution >= 0.6 is 11.3 Å². The lowest BCUT2D eigenvalue weighted by Crippen LogP contribution is -2.28. The molecule has 2 amide bonds. The van der Waals surface area contributed by atoms with E-state index in [2.05, 4.69) is 10.3 Å². The topological polar surface area (TPSA) is 115 Å². The van der Waals surface area contributed by atoms with Crippen molar-refractivity contribution < 1.29 is 36.8 Å². The van der Waals surface area contributed by atoms with Gasteiger partial charge in [-0.2, -0.15) is 17.6 Å². The summed E-state index contributed by atoms with van der Waals surface area (Å²) in [5.74, 6) is -2.83. The first-order chi connectivity index (χ1) is 16.0. The van der Waals surface area contributed by atoms with Crippen LogP contribution in [0.15, 0.2) is 36.4 Å². The summed E-state index contributed by atoms with van der Waals surface area (Å²) in [4.78, 5) is 40.5. The molecule has 2 aromatic carbocycles. The highest BCUT2D eigenvalue weighted by molar-refractivity contribution is 7.22. The number of nitrogens with zero attached hydrogens (tertiary/aromatic N) is 3. The lowest BCUT2D eigenvalue weighted by molar-refractivity contribution is -0.387. The van der Waals surface area contributed by atoms with Crippen LogP contribution in [0.5, 0.6) is 5.75 Å². The van der Waals surface area contributed by atoms with Crippen LogP contribution in [0.4, 0.5) is 34.1 Å². The van der Waals surface area contributed by atoms with Gasteiger partial charge in [0, 0.05) is 19.0 Å². The predicted octanol–water partition coefficient (Wildman–Crippen LogP) is 4.28. The standard InChI is InChI=1S/C20H14F4N4O5S/c21-13-3-1-11(6-15(13)28(31)32)27-8-10(5-17(27)29)18(30)26-19-25-14-4-2-12(7-16(14)34-19)33-9-20(22,23)24/h1-4,6-7,10H,5,8-9H2,(H,25,26,30). The highest BCUT2D eigenvalue weighted by Gasteiger charge is 2.36. The molecule has 1 fully saturated rings. The summed E-state index contributed by atoms with van der Waals surface area (Å²) >= 11 is 1.02. The molecule has 9 nitrogen and oxygen atoms in total. The Morgan fingerprint density at radius 2 is 2.06 bits per heavy atom. The van der Waals surface area contributed by atoms with Gasteiger partial charge < -0.3 is 15.0 Å². The van der Waals surface area contributed by atoms with Crippen molar-refractivity contribution >= 4 is 49.9 Å². The SMILES string of the molecule is O=C(Nc1nc2ccc(OCC(F)(F)F)cc2s1)C1CC(=O)N(c2ccc(F)c([N+](=O)[O-])c2)C1. The van der Waals surface area contributed by atoms with E-state index < -0.39 is 46.9 Å². The zero-order valence-electron chi connectivity index (χ0n) is 17.0. The number of nitro groups is 1. The van der Waals surface area contributed by atoms with Gasteiger partial charge in [-0.1, -0.05) is 11.3 Å². The number of carbonyl (C=O) groups is 2. The largest absolute Gasteiger partial charge is 0.484 e. The fourth-order valence-electron chi connectivity index (χ4n) is 3.36. The number of fused-ring (bicyclic) bond motifs is 1. The van der Waals surface area contributed by atoms with E-state index in [4.69, 9.17) is 4.74 Å². The van der Waals surface area contributed by atoms with Crippen LogP contribution in [0.1, 0.15) is 6.42 Å². The Balaban J connectivity index is 1.44. The van der Waals surface area contributed by atoms with Gasteiger partial charge in [0.05, 0.1) is 26.7 Å². The minimum absolute atomic E-state index is 0.00299. The van der Waals surface area contributed by atoms with Gasteiger partial charge in [0.25, 0.3) is 0 Å². The third-order valence-electron chi connectivity index (χ3n) is 4.93. The summed E-state index contributed by atoms with van der Waals surface area (Å²) < 4.78 is 55.8. The number of hydrogen-bond donors (Lipinski definition) is 1. The molecule has 0 aliphatic carbocycles. The van der Waals surface area contributed by atoms with Gasteiger partial charge in [-0.15, -0.1) is 0 Å². The van der Waals surface area contributed by atoms with Crippen molar-refractivity contribution in [2.75, 3.05) is 23.4 Å². The fourth-order valence-corrected chi connectivity index (χ4v) is 4.26. The summed E-state index contributed by atoms with van der Waals surface area (Å²) in [5.41, 5.74) is -0.256. The van der Waals surface area contributed by atoms with Crippen LogP contribution in [0.2, 0.25) is 0 Å². The number of aromatic nitrogens is 1. The highest BCUT2D eigenvalue weighted by Crippen LogP contribution is 2.32. The highest BCUT2D eigenvalue weighted by atomic mass is 32.1. The van der Waals surface area contributed by atoms with E-state index in [9.17, 15) is 37.3 Å². The third-order valence-corrected chi connectivity index (χ3v) is 5.86. The lowest BCUT2D eigenvalue weighted by atomic mass is 10.1. The van der Waals surface area contributed by atoms with Crippen LogP contribution in [-0.4, -0.2) is 41.0 Å². The monoisotopic (exact) mass is 498 g/mol. The number of rotatable bonds is 6. The summed E-state index contributed by atoms with van der Waals surface area (Å²) in [6, 6.07) is 7.18. The molecule has 14 heteroatoms. The van der Waals surface area contributed by atoms with Gasteiger partial charge in [0.1, 0.15) is 5.75 Å². The zero-order chi connectivity index (χ0) is 24.6. The first-order valence-corrected chi connectivity index (χ1v) is 10.5. The molecule has 4 rings (SSSR count). The van der Waals surface area contributed by atoms with E-state index in [1.807, 2.05) is 0 Å². The molecule has 1 N–H and O–H groups in total. The Morgan fingerprint density at radius 3 is 2.76 bits per heavy atom. The average Bonchev–Trinajstić information content (AvgIpc) is 3.34. The number of anilines is 2. The third kappa shape index (κ3) is 5.06. The number of carbonyl (C=O) groups excluding carboxylic acids is 2. The van der Waals surface area contributed by atoms with Crippen molar-refractivity contribution in [3.05, 3.63) is 52.3 Å². The quantitative estimate of drug-likeness (QED) is 0.308. The van der Waals surface area contributed by atoms with Crippen LogP contribution in [0.25, 0.3) is 10.2 Å². The summed E-state index contributed by atoms with van der Waals surface area (Å²) in [6.45, 7) is -1.52. The number of thiazole rings is 1. The molecule has 0 radical (unpaired) electrons. The molecule has 1 aromatic heterocycles. The van der Waals surface area contributed by atoms with E-state index in [1.165, 1.54) is 29.2 Å². The van der Waals surface area contributed by atoms with Gasteiger partial charge >= 0.3 is 11.9 Å². The number of halogens is 4. The van der Waals surface area contributed by atoms with Crippen molar-refractivity contribution in [1.29, 1.82) is 0 Å². The van der Waals surface area contributed by atoms with E-state index in [0.29, 0.717) is 10.2 Å². The van der Waals surface area contributed by atoms with Gasteiger partial charge in [-0.05, 0) is 30.3 Å². The first-order valence-electron chi connectivity index (χ1n) is 9.65. The van der Waals surface area contributed by atoms with Crippen molar-refractivity contribution in [2.24, 2.45) is 5.92 Å². The van der Waals surface area contributed by atoms with E-state index >= 15 is 0 Å². The van der Waals surface area contributed by atoms with E-state index in [-0.39, 0.29) is 29.5 Å². The van der Waals surface area contributed by atoms with Gasteiger partial charge in [-0.25, -0.2) is 4.98 Å². The number of nitro benzene ring substituents is 1. The molecular weight excluding hydrogens is 484 g/mol. The summed E-state index contributed by atoms with van der Waals surface area (Å²) in [6.07, 6.45) is -4.65. The molecule has 2 heterocycles. The molecule has 1 atom stereocenters. The predicted molar refractivity (Wildman–Crippen MR) is 113 cm³/mol. The van der Waals surface area contributed by atoms with Crippen molar-refractivity contribution in [3.63, 3.8) is 0 Å². The van der Waals surface area contributed by atoms with Crippen LogP contribution in [0, 0.1) is 21.8 Å². The zero-order valence-corrected chi connectivity index (χ0v) is 17.8. The van der Waals surface area contributed by atoms with Gasteiger partial charge in [-0.3, -0.25) is 19.7 Å². The molecule has 3 aromatic rings. The van der Waals surface area contributed by atoms with E-state index in [1.54, 1.807) is 0 Å². The Labute approximate surface area is 192 Å². The number of hydrogen-bond acceptors (Lipinski definition) is 7. The number of benzene rings is 2. The first kappa shape index (κ1) is 23.4. The molecule has 1 aliphatic heterocycles. The molecular formula is C20H14F4N4O5S. The molecule has 1 saturated heterocycles. The molecule has 178 valence electrons. The van der Waals surface area contributed by atoms with Crippen LogP contribution in [-0.2, 0) is 9.59 Å². The average molecular weight is 498 g/mol. The number of ether oxygens (including phenoxy) is 1. The van der Waals surface area contributed by atoms with Crippen molar-refractivity contribution in [1.82, 2.24) is 4.98 Å². The van der Waals surface area contributed by atoms with E-state index in [0.717, 1.165) is 23.5 Å². The number of nitrogens with one attached hydrogen (secondary N) is 1. The Bertz CT molecular complexity index is 1300. The Morgan fingerprint density at radius 1 is 1.29 bits per heavy atom. The Kier molecular flexibility index (Phi) is 6.08. The summed E-state index contributed by atoms with van der Waals surface area (Å²) in [5, 5.41) is 13.7. The maximum absolute atomic E-state index is 13.6. The molecule has 0 saturated carbocycles. The second kappa shape index (κ2) is 8.85. The maximum Gasteiger partial charge on any atom is 0.422 e. The maximum atomic E-state index is 13.6. The molecule has 1 aliphatic rings. The van der Waals surface area contributed by atoms with Crippen LogP contribution in [0.3, 0.4) is 0 Å². The lowest BCUT2D eigenvalue weighted by Gasteiger charge is -2.16. The molecule has 34 heavy (non-hydrogen) atoms. The van der Waals surface area contributed by atoms with Crippen molar-refractivity contribution in [3.8, 4) is 5.75 Å². The summed E-state index contributed by atoms with van der Waals surface area (Å²) in [7, 11) is 0. The fraction of sp³-hybridized carbons (Fsp3) is 0.250. The number of alkyl halides is 3. The second-order valence-electron chi connectivity index (χ2n) is 7.34. The minimum atomic E-state index is -4.48. The Hall–Kier alpha value is -3.81. The second-order valence-corrected chi connectivity index (χ2v) is 8.37. The molecule has 0 spiro atoms. The number of amides is 2. The minimum Gasteiger partial charge on any atom is -0.484 e. The molecule has 1 unspecified atom stereocenters. The smallest absolute Gasteiger partial charge is 0.422 e. The van der Waals surface area contributed by atoms with Crippen LogP contribution < -0.4 is 15.0 Å². The molecule has 0 bridgehead atoms. The van der Waals surface area contributed by atoms with Gasteiger partial charge in [0.15, 0.2) is 11.7 Å².